The molecular formula is C12H20ClNOS. The van der Waals surface area contributed by atoms with Gasteiger partial charge in [-0.05, 0) is 31.5 Å². The van der Waals surface area contributed by atoms with Crippen molar-refractivity contribution in [2.75, 3.05) is 20.3 Å². The van der Waals surface area contributed by atoms with Crippen molar-refractivity contribution in [3.63, 3.8) is 0 Å². The first kappa shape index (κ1) is 14.0. The Kier molecular flexibility index (Phi) is 7.05. The minimum atomic E-state index is 0.118. The fourth-order valence-electron chi connectivity index (χ4n) is 1.44. The van der Waals surface area contributed by atoms with Gasteiger partial charge >= 0.3 is 0 Å². The van der Waals surface area contributed by atoms with Crippen molar-refractivity contribution in [1.29, 1.82) is 0 Å². The number of hydrogen-bond acceptors (Lipinski definition) is 3. The largest absolute Gasteiger partial charge is 0.383 e. The van der Waals surface area contributed by atoms with Crippen molar-refractivity contribution in [1.82, 2.24) is 5.32 Å². The van der Waals surface area contributed by atoms with Gasteiger partial charge in [0.05, 0.1) is 12.0 Å². The second-order valence-electron chi connectivity index (χ2n) is 3.74. The van der Waals surface area contributed by atoms with E-state index in [1.165, 1.54) is 9.75 Å². The van der Waals surface area contributed by atoms with Crippen molar-refractivity contribution in [2.45, 2.75) is 31.7 Å². The maximum Gasteiger partial charge on any atom is 0.0626 e. The fourth-order valence-corrected chi connectivity index (χ4v) is 2.60. The van der Waals surface area contributed by atoms with E-state index in [2.05, 4.69) is 24.4 Å². The quantitative estimate of drug-likeness (QED) is 0.574. The molecule has 1 aromatic rings. The molecule has 0 aromatic carbocycles. The molecule has 4 heteroatoms. The molecule has 0 aliphatic heterocycles. The lowest BCUT2D eigenvalue weighted by atomic mass is 10.3. The molecule has 0 saturated carbocycles. The molecule has 0 radical (unpaired) electrons. The summed E-state index contributed by atoms with van der Waals surface area (Å²) >= 11 is 7.91. The van der Waals surface area contributed by atoms with E-state index in [9.17, 15) is 0 Å². The number of halogens is 1. The summed E-state index contributed by atoms with van der Waals surface area (Å²) < 4.78 is 4.98. The van der Waals surface area contributed by atoms with Gasteiger partial charge in [-0.1, -0.05) is 6.92 Å². The molecule has 1 unspecified atom stereocenters. The highest BCUT2D eigenvalue weighted by Gasteiger charge is 2.03. The highest BCUT2D eigenvalue weighted by molar-refractivity contribution is 7.11. The predicted molar refractivity (Wildman–Crippen MR) is 71.5 cm³/mol. The molecule has 0 aliphatic rings. The third kappa shape index (κ3) is 5.30. The summed E-state index contributed by atoms with van der Waals surface area (Å²) in [6.07, 6.45) is 2.07. The average molecular weight is 262 g/mol. The summed E-state index contributed by atoms with van der Waals surface area (Å²) in [5.41, 5.74) is 0. The minimum absolute atomic E-state index is 0.118. The SMILES string of the molecule is CCc1ccc(CNCCC(Cl)COC)s1. The first-order valence-electron chi connectivity index (χ1n) is 5.67. The van der Waals surface area contributed by atoms with Crippen LogP contribution >= 0.6 is 22.9 Å². The maximum atomic E-state index is 6.03. The molecule has 1 N–H and O–H groups in total. The van der Waals surface area contributed by atoms with E-state index >= 15 is 0 Å². The van der Waals surface area contributed by atoms with Gasteiger partial charge < -0.3 is 10.1 Å². The number of hydrogen-bond donors (Lipinski definition) is 1. The Morgan fingerprint density at radius 1 is 1.44 bits per heavy atom. The summed E-state index contributed by atoms with van der Waals surface area (Å²) in [6, 6.07) is 4.40. The third-order valence-corrected chi connectivity index (χ3v) is 3.92. The van der Waals surface area contributed by atoms with Crippen molar-refractivity contribution in [3.05, 3.63) is 21.9 Å². The van der Waals surface area contributed by atoms with E-state index < -0.39 is 0 Å². The van der Waals surface area contributed by atoms with E-state index in [1.54, 1.807) is 7.11 Å². The monoisotopic (exact) mass is 261 g/mol. The van der Waals surface area contributed by atoms with Gasteiger partial charge in [0.15, 0.2) is 0 Å². The Labute approximate surface area is 107 Å². The van der Waals surface area contributed by atoms with Gasteiger partial charge in [-0.25, -0.2) is 0 Å². The lowest BCUT2D eigenvalue weighted by molar-refractivity contribution is 0.195. The van der Waals surface area contributed by atoms with Crippen molar-refractivity contribution >= 4 is 22.9 Å². The molecule has 1 aromatic heterocycles. The van der Waals surface area contributed by atoms with Crippen molar-refractivity contribution in [2.24, 2.45) is 0 Å². The Morgan fingerprint density at radius 3 is 2.81 bits per heavy atom. The van der Waals surface area contributed by atoms with Gasteiger partial charge in [-0.2, -0.15) is 0 Å². The van der Waals surface area contributed by atoms with Crippen LogP contribution in [-0.4, -0.2) is 25.6 Å². The van der Waals surface area contributed by atoms with Crippen LogP contribution in [0, 0.1) is 0 Å². The third-order valence-electron chi connectivity index (χ3n) is 2.35. The van der Waals surface area contributed by atoms with Gasteiger partial charge in [0, 0.05) is 23.4 Å². The molecule has 1 rings (SSSR count). The molecule has 16 heavy (non-hydrogen) atoms. The predicted octanol–water partition coefficient (Wildman–Crippen LogP) is 3.04. The van der Waals surface area contributed by atoms with Gasteiger partial charge in [-0.15, -0.1) is 22.9 Å². The molecular weight excluding hydrogens is 242 g/mol. The van der Waals surface area contributed by atoms with Gasteiger partial charge in [0.25, 0.3) is 0 Å². The lowest BCUT2D eigenvalue weighted by Crippen LogP contribution is -2.19. The first-order chi connectivity index (χ1) is 7.76. The van der Waals surface area contributed by atoms with Crippen molar-refractivity contribution < 1.29 is 4.74 Å². The Morgan fingerprint density at radius 2 is 2.19 bits per heavy atom. The van der Waals surface area contributed by atoms with Crippen LogP contribution in [0.1, 0.15) is 23.1 Å². The van der Waals surface area contributed by atoms with Crippen LogP contribution in [0.3, 0.4) is 0 Å². The number of rotatable bonds is 8. The van der Waals surface area contributed by atoms with Gasteiger partial charge in [-0.3, -0.25) is 0 Å². The topological polar surface area (TPSA) is 21.3 Å². The fraction of sp³-hybridized carbons (Fsp3) is 0.667. The van der Waals surface area contributed by atoms with Crippen LogP contribution in [0.4, 0.5) is 0 Å². The molecule has 0 bridgehead atoms. The zero-order valence-corrected chi connectivity index (χ0v) is 11.5. The van der Waals surface area contributed by atoms with E-state index in [-0.39, 0.29) is 5.38 Å². The van der Waals surface area contributed by atoms with E-state index in [0.717, 1.165) is 25.9 Å². The number of alkyl halides is 1. The molecule has 1 heterocycles. The summed E-state index contributed by atoms with van der Waals surface area (Å²) in [7, 11) is 1.68. The maximum absolute atomic E-state index is 6.03. The Hall–Kier alpha value is -0.0900. The van der Waals surface area contributed by atoms with Crippen LogP contribution < -0.4 is 5.32 Å². The van der Waals surface area contributed by atoms with Gasteiger partial charge in [0.1, 0.15) is 0 Å². The Balaban J connectivity index is 2.11. The summed E-state index contributed by atoms with van der Waals surface area (Å²) in [5, 5.41) is 3.52. The lowest BCUT2D eigenvalue weighted by Gasteiger charge is -2.08. The van der Waals surface area contributed by atoms with Crippen LogP contribution in [0.5, 0.6) is 0 Å². The summed E-state index contributed by atoms with van der Waals surface area (Å²) in [4.78, 5) is 2.85. The molecule has 0 fully saturated rings. The molecule has 1 atom stereocenters. The van der Waals surface area contributed by atoms with E-state index in [0.29, 0.717) is 6.61 Å². The number of methoxy groups -OCH3 is 1. The average Bonchev–Trinajstić information content (AvgIpc) is 2.73. The highest BCUT2D eigenvalue weighted by atomic mass is 35.5. The summed E-state index contributed by atoms with van der Waals surface area (Å²) in [6.45, 7) is 4.70. The number of thiophene rings is 1. The molecule has 0 amide bonds. The zero-order chi connectivity index (χ0) is 11.8. The van der Waals surface area contributed by atoms with Crippen LogP contribution in [0.15, 0.2) is 12.1 Å². The first-order valence-corrected chi connectivity index (χ1v) is 6.92. The second kappa shape index (κ2) is 8.07. The highest BCUT2D eigenvalue weighted by Crippen LogP contribution is 2.16. The van der Waals surface area contributed by atoms with Crippen LogP contribution in [0.25, 0.3) is 0 Å². The summed E-state index contributed by atoms with van der Waals surface area (Å²) in [5.74, 6) is 0. The molecule has 0 saturated heterocycles. The number of ether oxygens (including phenoxy) is 1. The molecule has 0 aliphatic carbocycles. The smallest absolute Gasteiger partial charge is 0.0626 e. The Bertz CT molecular complexity index is 290. The molecule has 2 nitrogen and oxygen atoms in total. The van der Waals surface area contributed by atoms with Crippen molar-refractivity contribution in [3.8, 4) is 0 Å². The second-order valence-corrected chi connectivity index (χ2v) is 5.61. The normalized spacial score (nSPS) is 12.9. The van der Waals surface area contributed by atoms with E-state index in [1.807, 2.05) is 11.3 Å². The van der Waals surface area contributed by atoms with Gasteiger partial charge in [0.2, 0.25) is 0 Å². The van der Waals surface area contributed by atoms with E-state index in [4.69, 9.17) is 16.3 Å². The van der Waals surface area contributed by atoms with Crippen LogP contribution in [0.2, 0.25) is 0 Å². The molecule has 92 valence electrons. The van der Waals surface area contributed by atoms with Crippen LogP contribution in [-0.2, 0) is 17.7 Å². The zero-order valence-electron chi connectivity index (χ0n) is 9.96. The minimum Gasteiger partial charge on any atom is -0.383 e. The number of aryl methyl sites for hydroxylation is 1. The standard InChI is InChI=1S/C12H20ClNOS/c1-3-11-4-5-12(16-11)8-14-7-6-10(13)9-15-2/h4-5,10,14H,3,6-9H2,1-2H3. The number of nitrogens with one attached hydrogen (secondary N) is 1. The molecule has 0 spiro atoms.